The Labute approximate surface area is 108 Å². The van der Waals surface area contributed by atoms with Crippen molar-refractivity contribution < 1.29 is 0 Å². The summed E-state index contributed by atoms with van der Waals surface area (Å²) in [5, 5.41) is 3.33. The average Bonchev–Trinajstić information content (AvgIpc) is 2.77. The molecule has 4 nitrogen and oxygen atoms in total. The summed E-state index contributed by atoms with van der Waals surface area (Å²) >= 11 is 0. The molecule has 4 heteroatoms. The molecule has 2 rings (SSSR count). The molecule has 18 heavy (non-hydrogen) atoms. The van der Waals surface area contributed by atoms with E-state index in [0.29, 0.717) is 0 Å². The van der Waals surface area contributed by atoms with E-state index in [1.807, 2.05) is 12.1 Å². The minimum atomic E-state index is 0.839. The lowest BCUT2D eigenvalue weighted by molar-refractivity contribution is 0.741. The topological polar surface area (TPSA) is 66.7 Å². The van der Waals surface area contributed by atoms with E-state index < -0.39 is 0 Å². The Kier molecular flexibility index (Phi) is 4.07. The molecule has 98 valence electrons. The van der Waals surface area contributed by atoms with Crippen LogP contribution in [0.3, 0.4) is 0 Å². The number of nitrogens with two attached hydrogens (primary N) is 1. The first kappa shape index (κ1) is 12.7. The Morgan fingerprint density at radius 3 is 2.83 bits per heavy atom. The van der Waals surface area contributed by atoms with Crippen molar-refractivity contribution in [2.24, 2.45) is 0 Å². The third-order valence-electron chi connectivity index (χ3n) is 3.23. The molecular weight excluding hydrogens is 224 g/mol. The molecule has 0 saturated heterocycles. The van der Waals surface area contributed by atoms with Gasteiger partial charge in [-0.25, -0.2) is 4.98 Å². The number of nitrogens with one attached hydrogen (secondary N) is 2. The number of aromatic amines is 1. The highest BCUT2D eigenvalue weighted by Gasteiger charge is 2.08. The Balaban J connectivity index is 2.17. The zero-order chi connectivity index (χ0) is 13.0. The third-order valence-corrected chi connectivity index (χ3v) is 3.23. The van der Waals surface area contributed by atoms with Crippen LogP contribution in [-0.4, -0.2) is 16.5 Å². The zero-order valence-electron chi connectivity index (χ0n) is 11.2. The molecule has 0 bridgehead atoms. The van der Waals surface area contributed by atoms with E-state index >= 15 is 0 Å². The molecule has 4 N–H and O–H groups in total. The van der Waals surface area contributed by atoms with Crippen LogP contribution in [0.2, 0.25) is 0 Å². The maximum atomic E-state index is 5.98. The van der Waals surface area contributed by atoms with Gasteiger partial charge in [-0.1, -0.05) is 26.7 Å². The summed E-state index contributed by atoms with van der Waals surface area (Å²) < 4.78 is 0. The second kappa shape index (κ2) is 5.76. The van der Waals surface area contributed by atoms with Gasteiger partial charge in [-0.3, -0.25) is 0 Å². The summed E-state index contributed by atoms with van der Waals surface area (Å²) in [7, 11) is 0. The van der Waals surface area contributed by atoms with E-state index in [1.54, 1.807) is 0 Å². The van der Waals surface area contributed by atoms with Crippen molar-refractivity contribution in [1.82, 2.24) is 9.97 Å². The second-order valence-corrected chi connectivity index (χ2v) is 4.60. The minimum Gasteiger partial charge on any atom is -0.398 e. The van der Waals surface area contributed by atoms with E-state index in [4.69, 9.17) is 5.73 Å². The molecule has 0 atom stereocenters. The van der Waals surface area contributed by atoms with Crippen molar-refractivity contribution in [3.63, 3.8) is 0 Å². The van der Waals surface area contributed by atoms with E-state index in [0.717, 1.165) is 41.2 Å². The highest BCUT2D eigenvalue weighted by atomic mass is 15.1. The molecule has 0 unspecified atom stereocenters. The van der Waals surface area contributed by atoms with Gasteiger partial charge < -0.3 is 16.0 Å². The number of H-pyrrole nitrogens is 1. The number of unbranched alkanes of at least 4 members (excludes halogenated alkanes) is 2. The van der Waals surface area contributed by atoms with Gasteiger partial charge in [0.2, 0.25) is 5.95 Å². The van der Waals surface area contributed by atoms with E-state index in [-0.39, 0.29) is 0 Å². The molecule has 0 radical (unpaired) electrons. The first-order valence-corrected chi connectivity index (χ1v) is 6.77. The van der Waals surface area contributed by atoms with Gasteiger partial charge in [0, 0.05) is 17.8 Å². The molecule has 2 aromatic rings. The largest absolute Gasteiger partial charge is 0.398 e. The number of nitrogen functional groups attached to an aromatic ring is 1. The zero-order valence-corrected chi connectivity index (χ0v) is 11.2. The van der Waals surface area contributed by atoms with Crippen molar-refractivity contribution in [1.29, 1.82) is 0 Å². The van der Waals surface area contributed by atoms with Crippen molar-refractivity contribution >= 4 is 22.7 Å². The maximum absolute atomic E-state index is 5.98. The van der Waals surface area contributed by atoms with Gasteiger partial charge in [0.1, 0.15) is 0 Å². The van der Waals surface area contributed by atoms with Crippen LogP contribution in [0, 0.1) is 0 Å². The molecular formula is C14H22N4. The SMILES string of the molecule is CCCCCNc1nc2ccc(N)c(CC)c2[nH]1. The van der Waals surface area contributed by atoms with Gasteiger partial charge in [0.25, 0.3) is 0 Å². The lowest BCUT2D eigenvalue weighted by Crippen LogP contribution is -2.02. The smallest absolute Gasteiger partial charge is 0.201 e. The first-order valence-electron chi connectivity index (χ1n) is 6.77. The lowest BCUT2D eigenvalue weighted by atomic mass is 10.1. The molecule has 0 amide bonds. The molecule has 1 aromatic carbocycles. The van der Waals surface area contributed by atoms with Crippen LogP contribution in [0.4, 0.5) is 11.6 Å². The number of benzene rings is 1. The molecule has 0 aliphatic carbocycles. The normalized spacial score (nSPS) is 11.0. The number of nitrogens with zero attached hydrogens (tertiary/aromatic N) is 1. The molecule has 0 saturated carbocycles. The summed E-state index contributed by atoms with van der Waals surface area (Å²) in [6.45, 7) is 5.28. The molecule has 0 aliphatic rings. The molecule has 0 spiro atoms. The Morgan fingerprint density at radius 2 is 2.11 bits per heavy atom. The second-order valence-electron chi connectivity index (χ2n) is 4.60. The number of fused-ring (bicyclic) bond motifs is 1. The van der Waals surface area contributed by atoms with Crippen molar-refractivity contribution in [2.45, 2.75) is 39.5 Å². The molecule has 0 aliphatic heterocycles. The summed E-state index contributed by atoms with van der Waals surface area (Å²) in [4.78, 5) is 7.87. The van der Waals surface area contributed by atoms with Crippen molar-refractivity contribution in [2.75, 3.05) is 17.6 Å². The van der Waals surface area contributed by atoms with Crippen LogP contribution >= 0.6 is 0 Å². The summed E-state index contributed by atoms with van der Waals surface area (Å²) in [6, 6.07) is 3.90. The monoisotopic (exact) mass is 246 g/mol. The van der Waals surface area contributed by atoms with Gasteiger partial charge in [-0.2, -0.15) is 0 Å². The van der Waals surface area contributed by atoms with Crippen LogP contribution in [0.15, 0.2) is 12.1 Å². The number of aromatic nitrogens is 2. The van der Waals surface area contributed by atoms with Gasteiger partial charge in [-0.15, -0.1) is 0 Å². The van der Waals surface area contributed by atoms with Crippen LogP contribution in [0.5, 0.6) is 0 Å². The number of imidazole rings is 1. The average molecular weight is 246 g/mol. The van der Waals surface area contributed by atoms with E-state index in [9.17, 15) is 0 Å². The Bertz CT molecular complexity index is 516. The van der Waals surface area contributed by atoms with Crippen LogP contribution < -0.4 is 11.1 Å². The van der Waals surface area contributed by atoms with E-state index in [2.05, 4.69) is 29.1 Å². The fraction of sp³-hybridized carbons (Fsp3) is 0.500. The molecule has 1 aromatic heterocycles. The quantitative estimate of drug-likeness (QED) is 0.541. The van der Waals surface area contributed by atoms with Crippen molar-refractivity contribution in [3.05, 3.63) is 17.7 Å². The number of hydrogen-bond acceptors (Lipinski definition) is 3. The number of hydrogen-bond donors (Lipinski definition) is 3. The summed E-state index contributed by atoms with van der Waals surface area (Å²) in [5.41, 5.74) is 10.0. The summed E-state index contributed by atoms with van der Waals surface area (Å²) in [6.07, 6.45) is 4.58. The number of rotatable bonds is 6. The predicted molar refractivity (Wildman–Crippen MR) is 77.9 cm³/mol. The van der Waals surface area contributed by atoms with Gasteiger partial charge >= 0.3 is 0 Å². The van der Waals surface area contributed by atoms with Crippen LogP contribution in [0.25, 0.3) is 11.0 Å². The Hall–Kier alpha value is -1.71. The molecule has 0 fully saturated rings. The highest BCUT2D eigenvalue weighted by Crippen LogP contribution is 2.24. The minimum absolute atomic E-state index is 0.839. The molecule has 1 heterocycles. The van der Waals surface area contributed by atoms with Crippen LogP contribution in [0.1, 0.15) is 38.7 Å². The predicted octanol–water partition coefficient (Wildman–Crippen LogP) is 3.31. The third kappa shape index (κ3) is 2.58. The fourth-order valence-corrected chi connectivity index (χ4v) is 2.20. The lowest BCUT2D eigenvalue weighted by Gasteiger charge is -2.03. The van der Waals surface area contributed by atoms with Gasteiger partial charge in [0.15, 0.2) is 0 Å². The number of anilines is 2. The van der Waals surface area contributed by atoms with Gasteiger partial charge in [-0.05, 0) is 25.0 Å². The van der Waals surface area contributed by atoms with Crippen molar-refractivity contribution in [3.8, 4) is 0 Å². The summed E-state index contributed by atoms with van der Waals surface area (Å²) in [5.74, 6) is 0.849. The number of aryl methyl sites for hydroxylation is 1. The first-order chi connectivity index (χ1) is 8.76. The van der Waals surface area contributed by atoms with Crippen LogP contribution in [-0.2, 0) is 6.42 Å². The Morgan fingerprint density at radius 1 is 1.28 bits per heavy atom. The van der Waals surface area contributed by atoms with Gasteiger partial charge in [0.05, 0.1) is 11.0 Å². The van der Waals surface area contributed by atoms with E-state index in [1.165, 1.54) is 19.3 Å². The maximum Gasteiger partial charge on any atom is 0.201 e. The fourth-order valence-electron chi connectivity index (χ4n) is 2.20. The highest BCUT2D eigenvalue weighted by molar-refractivity contribution is 5.85. The standard InChI is InChI=1S/C14H22N4/c1-3-5-6-9-16-14-17-12-8-7-11(15)10(4-2)13(12)18-14/h7-8H,3-6,9,15H2,1-2H3,(H2,16,17,18).